The van der Waals surface area contributed by atoms with Gasteiger partial charge < -0.3 is 9.47 Å². The second-order valence-corrected chi connectivity index (χ2v) is 6.02. The van der Waals surface area contributed by atoms with Gasteiger partial charge in [0.25, 0.3) is 5.56 Å². The summed E-state index contributed by atoms with van der Waals surface area (Å²) in [6.07, 6.45) is 2.25. The summed E-state index contributed by atoms with van der Waals surface area (Å²) >= 11 is 0. The van der Waals surface area contributed by atoms with E-state index < -0.39 is 0 Å². The van der Waals surface area contributed by atoms with Gasteiger partial charge in [0.1, 0.15) is 0 Å². The third kappa shape index (κ3) is 1.99. The van der Waals surface area contributed by atoms with Crippen LogP contribution >= 0.6 is 0 Å². The molecule has 21 heavy (non-hydrogen) atoms. The van der Waals surface area contributed by atoms with Gasteiger partial charge in [-0.2, -0.15) is 4.98 Å². The Kier molecular flexibility index (Phi) is 3.15. The smallest absolute Gasteiger partial charge is 0.332 e. The van der Waals surface area contributed by atoms with Crippen LogP contribution in [0.3, 0.4) is 0 Å². The number of anilines is 1. The zero-order valence-corrected chi connectivity index (χ0v) is 13.0. The second kappa shape index (κ2) is 4.75. The molecule has 2 aromatic rings. The van der Waals surface area contributed by atoms with E-state index in [2.05, 4.69) is 16.8 Å². The summed E-state index contributed by atoms with van der Waals surface area (Å²) in [4.78, 5) is 31.1. The maximum atomic E-state index is 12.3. The fraction of sp³-hybridized carbons (Fsp3) is 0.643. The molecule has 114 valence electrons. The van der Waals surface area contributed by atoms with Crippen molar-refractivity contribution < 1.29 is 0 Å². The first-order chi connectivity index (χ1) is 9.91. The molecule has 1 aliphatic rings. The van der Waals surface area contributed by atoms with Gasteiger partial charge >= 0.3 is 5.69 Å². The van der Waals surface area contributed by atoms with Crippen LogP contribution in [0.15, 0.2) is 9.59 Å². The molecule has 2 aromatic heterocycles. The van der Waals surface area contributed by atoms with Crippen molar-refractivity contribution in [3.05, 3.63) is 20.8 Å². The van der Waals surface area contributed by atoms with Crippen molar-refractivity contribution in [2.24, 2.45) is 27.1 Å². The first-order valence-electron chi connectivity index (χ1n) is 7.29. The SMILES string of the molecule is CC1CCN(c2nc3c(c(=O)n(C)c(=O)n3C)n2C)CC1. The van der Waals surface area contributed by atoms with E-state index in [1.807, 2.05) is 11.6 Å². The molecular formula is C14H21N5O2. The van der Waals surface area contributed by atoms with Crippen molar-refractivity contribution in [2.45, 2.75) is 19.8 Å². The van der Waals surface area contributed by atoms with Crippen LogP contribution in [0.25, 0.3) is 11.2 Å². The molecule has 0 radical (unpaired) electrons. The van der Waals surface area contributed by atoms with Gasteiger partial charge in [-0.25, -0.2) is 4.79 Å². The summed E-state index contributed by atoms with van der Waals surface area (Å²) in [6, 6.07) is 0. The van der Waals surface area contributed by atoms with Crippen LogP contribution < -0.4 is 16.1 Å². The molecule has 1 aliphatic heterocycles. The lowest BCUT2D eigenvalue weighted by Gasteiger charge is -2.30. The molecule has 7 heteroatoms. The number of fused-ring (bicyclic) bond motifs is 1. The molecule has 0 aliphatic carbocycles. The molecule has 0 saturated carbocycles. The highest BCUT2D eigenvalue weighted by molar-refractivity contribution is 5.74. The minimum atomic E-state index is -0.343. The van der Waals surface area contributed by atoms with Crippen molar-refractivity contribution in [1.29, 1.82) is 0 Å². The molecule has 0 amide bonds. The zero-order valence-electron chi connectivity index (χ0n) is 13.0. The Bertz CT molecular complexity index is 805. The van der Waals surface area contributed by atoms with Gasteiger partial charge in [-0.05, 0) is 18.8 Å². The Morgan fingerprint density at radius 1 is 1.00 bits per heavy atom. The van der Waals surface area contributed by atoms with E-state index in [0.29, 0.717) is 11.2 Å². The van der Waals surface area contributed by atoms with Crippen LogP contribution in [0.1, 0.15) is 19.8 Å². The fourth-order valence-electron chi connectivity index (χ4n) is 3.00. The first-order valence-corrected chi connectivity index (χ1v) is 7.29. The molecular weight excluding hydrogens is 270 g/mol. The van der Waals surface area contributed by atoms with E-state index in [1.54, 1.807) is 7.05 Å². The number of nitrogens with zero attached hydrogens (tertiary/aromatic N) is 5. The van der Waals surface area contributed by atoms with Crippen molar-refractivity contribution >= 4 is 17.1 Å². The van der Waals surface area contributed by atoms with Gasteiger partial charge in [0.05, 0.1) is 0 Å². The van der Waals surface area contributed by atoms with Crippen LogP contribution in [-0.2, 0) is 21.1 Å². The fourth-order valence-corrected chi connectivity index (χ4v) is 3.00. The third-order valence-corrected chi connectivity index (χ3v) is 4.52. The number of hydrogen-bond donors (Lipinski definition) is 0. The minimum Gasteiger partial charge on any atom is -0.342 e. The van der Waals surface area contributed by atoms with Gasteiger partial charge in [0.15, 0.2) is 11.2 Å². The van der Waals surface area contributed by atoms with Gasteiger partial charge in [-0.15, -0.1) is 0 Å². The number of imidazole rings is 1. The van der Waals surface area contributed by atoms with Crippen LogP contribution in [0.2, 0.25) is 0 Å². The highest BCUT2D eigenvalue weighted by Crippen LogP contribution is 2.23. The highest BCUT2D eigenvalue weighted by Gasteiger charge is 2.23. The molecule has 0 atom stereocenters. The lowest BCUT2D eigenvalue weighted by molar-refractivity contribution is 0.433. The maximum absolute atomic E-state index is 12.3. The maximum Gasteiger partial charge on any atom is 0.332 e. The highest BCUT2D eigenvalue weighted by atomic mass is 16.2. The van der Waals surface area contributed by atoms with Crippen LogP contribution in [-0.4, -0.2) is 31.8 Å². The number of aryl methyl sites for hydroxylation is 2. The quantitative estimate of drug-likeness (QED) is 0.753. The van der Waals surface area contributed by atoms with Crippen LogP contribution in [0.4, 0.5) is 5.95 Å². The minimum absolute atomic E-state index is 0.292. The summed E-state index contributed by atoms with van der Waals surface area (Å²) in [7, 11) is 4.99. The average Bonchev–Trinajstić information content (AvgIpc) is 2.81. The third-order valence-electron chi connectivity index (χ3n) is 4.52. The van der Waals surface area contributed by atoms with Crippen molar-refractivity contribution in [3.8, 4) is 0 Å². The van der Waals surface area contributed by atoms with Crippen molar-refractivity contribution in [1.82, 2.24) is 18.7 Å². The normalized spacial score (nSPS) is 16.9. The van der Waals surface area contributed by atoms with E-state index in [4.69, 9.17) is 0 Å². The van der Waals surface area contributed by atoms with E-state index in [-0.39, 0.29) is 11.2 Å². The lowest BCUT2D eigenvalue weighted by atomic mass is 10.00. The Balaban J connectivity index is 2.21. The first kappa shape index (κ1) is 13.9. The molecule has 0 N–H and O–H groups in total. The number of hydrogen-bond acceptors (Lipinski definition) is 4. The van der Waals surface area contributed by atoms with Gasteiger partial charge in [0.2, 0.25) is 5.95 Å². The van der Waals surface area contributed by atoms with Gasteiger partial charge in [-0.1, -0.05) is 6.92 Å². The molecule has 0 spiro atoms. The topological polar surface area (TPSA) is 65.1 Å². The Labute approximate surface area is 122 Å². The number of rotatable bonds is 1. The van der Waals surface area contributed by atoms with Crippen molar-refractivity contribution in [2.75, 3.05) is 18.0 Å². The molecule has 0 bridgehead atoms. The van der Waals surface area contributed by atoms with Crippen LogP contribution in [0.5, 0.6) is 0 Å². The van der Waals surface area contributed by atoms with E-state index in [0.717, 1.165) is 42.4 Å². The summed E-state index contributed by atoms with van der Waals surface area (Å²) < 4.78 is 4.38. The van der Waals surface area contributed by atoms with E-state index in [9.17, 15) is 9.59 Å². The Hall–Kier alpha value is -2.05. The molecule has 0 unspecified atom stereocenters. The zero-order chi connectivity index (χ0) is 15.3. The Morgan fingerprint density at radius 3 is 2.24 bits per heavy atom. The van der Waals surface area contributed by atoms with Gasteiger partial charge in [-0.3, -0.25) is 13.9 Å². The van der Waals surface area contributed by atoms with E-state index in [1.165, 1.54) is 11.6 Å². The summed E-state index contributed by atoms with van der Waals surface area (Å²) in [5.41, 5.74) is 0.302. The summed E-state index contributed by atoms with van der Waals surface area (Å²) in [5, 5.41) is 0. The van der Waals surface area contributed by atoms with E-state index >= 15 is 0 Å². The average molecular weight is 291 g/mol. The molecule has 3 rings (SSSR count). The van der Waals surface area contributed by atoms with Crippen LogP contribution in [0, 0.1) is 5.92 Å². The second-order valence-electron chi connectivity index (χ2n) is 6.02. The molecule has 7 nitrogen and oxygen atoms in total. The molecule has 0 aromatic carbocycles. The predicted molar refractivity (Wildman–Crippen MR) is 81.8 cm³/mol. The number of aromatic nitrogens is 4. The predicted octanol–water partition coefficient (Wildman–Crippen LogP) is 0.207. The summed E-state index contributed by atoms with van der Waals surface area (Å²) in [6.45, 7) is 4.13. The Morgan fingerprint density at radius 2 is 1.62 bits per heavy atom. The summed E-state index contributed by atoms with van der Waals surface area (Å²) in [5.74, 6) is 1.50. The lowest BCUT2D eigenvalue weighted by Crippen LogP contribution is -2.37. The standard InChI is InChI=1S/C14H21N5O2/c1-9-5-7-19(8-6-9)13-15-11-10(16(13)2)12(20)18(4)14(21)17(11)3/h9H,5-8H2,1-4H3. The van der Waals surface area contributed by atoms with Crippen molar-refractivity contribution in [3.63, 3.8) is 0 Å². The molecule has 3 heterocycles. The molecule has 1 saturated heterocycles. The monoisotopic (exact) mass is 291 g/mol. The van der Waals surface area contributed by atoms with Gasteiger partial charge in [0, 0.05) is 34.2 Å². The largest absolute Gasteiger partial charge is 0.342 e. The molecule has 1 fully saturated rings. The number of piperidine rings is 1.